The van der Waals surface area contributed by atoms with Crippen LogP contribution in [0.25, 0.3) is 0 Å². The Hall–Kier alpha value is -1.87. The molecule has 2 atom stereocenters. The zero-order chi connectivity index (χ0) is 14.5. The molecule has 1 fully saturated rings. The van der Waals surface area contributed by atoms with E-state index < -0.39 is 5.41 Å². The minimum absolute atomic E-state index is 0.0661. The number of rotatable bonds is 1. The Labute approximate surface area is 117 Å². The first-order chi connectivity index (χ1) is 9.43. The van der Waals surface area contributed by atoms with Gasteiger partial charge < -0.3 is 9.64 Å². The summed E-state index contributed by atoms with van der Waals surface area (Å²) in [7, 11) is 0. The van der Waals surface area contributed by atoms with Gasteiger partial charge in [0, 0.05) is 25.1 Å². The van der Waals surface area contributed by atoms with Gasteiger partial charge in [-0.1, -0.05) is 0 Å². The van der Waals surface area contributed by atoms with Crippen molar-refractivity contribution in [2.45, 2.75) is 39.4 Å². The fraction of sp³-hybridized carbons (Fsp3) is 0.643. The lowest BCUT2D eigenvalue weighted by Crippen LogP contribution is -2.56. The Kier molecular flexibility index (Phi) is 2.83. The largest absolute Gasteiger partial charge is 0.369 e. The summed E-state index contributed by atoms with van der Waals surface area (Å²) in [6, 6.07) is 2.24. The zero-order valence-corrected chi connectivity index (χ0v) is 11.9. The van der Waals surface area contributed by atoms with Crippen molar-refractivity contribution >= 4 is 5.91 Å². The molecule has 0 aliphatic carbocycles. The lowest BCUT2D eigenvalue weighted by atomic mass is 9.83. The first kappa shape index (κ1) is 13.1. The summed E-state index contributed by atoms with van der Waals surface area (Å²) in [6.07, 6.45) is 0.714. The lowest BCUT2D eigenvalue weighted by molar-refractivity contribution is -0.00715. The number of nitrogens with one attached hydrogen (secondary N) is 1. The number of nitrogens with zero attached hydrogens (tertiary/aromatic N) is 3. The molecule has 1 saturated heterocycles. The van der Waals surface area contributed by atoms with Gasteiger partial charge in [0.1, 0.15) is 0 Å². The molecule has 20 heavy (non-hydrogen) atoms. The molecule has 1 N–H and O–H groups in total. The fourth-order valence-electron chi connectivity index (χ4n) is 3.01. The van der Waals surface area contributed by atoms with E-state index in [1.165, 1.54) is 0 Å². The van der Waals surface area contributed by atoms with E-state index in [9.17, 15) is 4.79 Å². The summed E-state index contributed by atoms with van der Waals surface area (Å²) < 4.78 is 5.72. The minimum Gasteiger partial charge on any atom is -0.369 e. The highest BCUT2D eigenvalue weighted by atomic mass is 16.5. The van der Waals surface area contributed by atoms with Crippen LogP contribution in [0.3, 0.4) is 0 Å². The van der Waals surface area contributed by atoms with E-state index >= 15 is 0 Å². The Bertz CT molecular complexity index is 595. The van der Waals surface area contributed by atoms with Gasteiger partial charge in [-0.15, -0.1) is 0 Å². The Morgan fingerprint density at radius 1 is 1.55 bits per heavy atom. The van der Waals surface area contributed by atoms with E-state index in [1.54, 1.807) is 4.90 Å². The number of carbonyl (C=O) groups is 1. The number of carbonyl (C=O) groups excluding carboxylic acids is 1. The first-order valence-electron chi connectivity index (χ1n) is 6.86. The second-order valence-corrected chi connectivity index (χ2v) is 6.09. The van der Waals surface area contributed by atoms with Crippen LogP contribution in [0.2, 0.25) is 0 Å². The van der Waals surface area contributed by atoms with E-state index in [0.29, 0.717) is 25.2 Å². The molecule has 1 aromatic heterocycles. The van der Waals surface area contributed by atoms with Crippen LogP contribution in [0.1, 0.15) is 48.6 Å². The number of likely N-dealkylation sites (tertiary alicyclic amines) is 1. The Morgan fingerprint density at radius 2 is 2.25 bits per heavy atom. The van der Waals surface area contributed by atoms with Gasteiger partial charge in [0.25, 0.3) is 5.91 Å². The minimum atomic E-state index is -0.407. The van der Waals surface area contributed by atoms with E-state index in [2.05, 4.69) is 16.3 Å². The van der Waals surface area contributed by atoms with Crippen LogP contribution < -0.4 is 0 Å². The Morgan fingerprint density at radius 3 is 2.90 bits per heavy atom. The van der Waals surface area contributed by atoms with E-state index in [-0.39, 0.29) is 18.1 Å². The van der Waals surface area contributed by atoms with Gasteiger partial charge in [-0.25, -0.2) is 0 Å². The molecule has 1 amide bonds. The van der Waals surface area contributed by atoms with Crippen LogP contribution in [-0.4, -0.2) is 40.2 Å². The standard InChI is InChI=1S/C14H18N4O2/c1-8-4-10-11(9(2)20-8)16-17-12(10)13(19)18-6-14(3,5-15)7-18/h8-9H,4,6-7H2,1-3H3,(H,16,17)/t8-,9+/m1/s1. The topological polar surface area (TPSA) is 82.0 Å². The number of hydrogen-bond acceptors (Lipinski definition) is 4. The van der Waals surface area contributed by atoms with Crippen molar-refractivity contribution in [2.75, 3.05) is 13.1 Å². The molecular weight excluding hydrogens is 256 g/mol. The molecule has 0 spiro atoms. The number of aromatic amines is 1. The molecule has 0 aromatic carbocycles. The molecule has 0 unspecified atom stereocenters. The third-order valence-electron chi connectivity index (χ3n) is 4.07. The Balaban J connectivity index is 1.83. The van der Waals surface area contributed by atoms with Gasteiger partial charge in [0.2, 0.25) is 0 Å². The normalized spacial score (nSPS) is 27.4. The molecule has 106 valence electrons. The average molecular weight is 274 g/mol. The summed E-state index contributed by atoms with van der Waals surface area (Å²) in [4.78, 5) is 14.2. The number of aromatic nitrogens is 2. The number of H-pyrrole nitrogens is 1. The molecule has 0 saturated carbocycles. The number of amides is 1. The maximum absolute atomic E-state index is 12.5. The van der Waals surface area contributed by atoms with Crippen molar-refractivity contribution < 1.29 is 9.53 Å². The SMILES string of the molecule is C[C@@H]1Cc2c(C(=O)N3CC(C)(C#N)C3)n[nH]c2[C@H](C)O1. The monoisotopic (exact) mass is 274 g/mol. The number of fused-ring (bicyclic) bond motifs is 1. The summed E-state index contributed by atoms with van der Waals surface area (Å²) >= 11 is 0. The quantitative estimate of drug-likeness (QED) is 0.839. The van der Waals surface area contributed by atoms with E-state index in [1.807, 2.05) is 20.8 Å². The van der Waals surface area contributed by atoms with Crippen molar-refractivity contribution in [1.29, 1.82) is 5.26 Å². The number of nitriles is 1. The second kappa shape index (κ2) is 4.32. The summed E-state index contributed by atoms with van der Waals surface area (Å²) in [5, 5.41) is 16.1. The molecule has 0 bridgehead atoms. The number of ether oxygens (including phenoxy) is 1. The predicted molar refractivity (Wildman–Crippen MR) is 70.9 cm³/mol. The van der Waals surface area contributed by atoms with Crippen molar-refractivity contribution in [3.8, 4) is 6.07 Å². The van der Waals surface area contributed by atoms with Gasteiger partial charge in [0.15, 0.2) is 5.69 Å². The highest BCUT2D eigenvalue weighted by molar-refractivity contribution is 5.94. The fourth-order valence-corrected chi connectivity index (χ4v) is 3.01. The maximum atomic E-state index is 12.5. The second-order valence-electron chi connectivity index (χ2n) is 6.09. The predicted octanol–water partition coefficient (Wildman–Crippen LogP) is 1.42. The van der Waals surface area contributed by atoms with Crippen LogP contribution in [-0.2, 0) is 11.2 Å². The molecule has 3 rings (SSSR count). The molecule has 6 nitrogen and oxygen atoms in total. The average Bonchev–Trinajstić information content (AvgIpc) is 2.78. The molecule has 2 aliphatic heterocycles. The van der Waals surface area contributed by atoms with Crippen molar-refractivity contribution in [3.63, 3.8) is 0 Å². The first-order valence-corrected chi connectivity index (χ1v) is 6.86. The van der Waals surface area contributed by atoms with Gasteiger partial charge >= 0.3 is 0 Å². The van der Waals surface area contributed by atoms with Crippen molar-refractivity contribution in [2.24, 2.45) is 5.41 Å². The van der Waals surface area contributed by atoms with Gasteiger partial charge in [-0.05, 0) is 20.8 Å². The van der Waals surface area contributed by atoms with Crippen LogP contribution in [0.15, 0.2) is 0 Å². The molecule has 1 aromatic rings. The van der Waals surface area contributed by atoms with Gasteiger partial charge in [-0.2, -0.15) is 10.4 Å². The van der Waals surface area contributed by atoms with E-state index in [4.69, 9.17) is 10.00 Å². The smallest absolute Gasteiger partial charge is 0.274 e. The summed E-state index contributed by atoms with van der Waals surface area (Å²) in [5.41, 5.74) is 1.94. The van der Waals surface area contributed by atoms with Gasteiger partial charge in [-0.3, -0.25) is 9.89 Å². The van der Waals surface area contributed by atoms with Crippen LogP contribution >= 0.6 is 0 Å². The highest BCUT2D eigenvalue weighted by Crippen LogP contribution is 2.33. The summed E-state index contributed by atoms with van der Waals surface area (Å²) in [6.45, 7) is 6.78. The van der Waals surface area contributed by atoms with E-state index in [0.717, 1.165) is 11.3 Å². The highest BCUT2D eigenvalue weighted by Gasteiger charge is 2.43. The maximum Gasteiger partial charge on any atom is 0.274 e. The third-order valence-corrected chi connectivity index (χ3v) is 4.07. The number of hydrogen-bond donors (Lipinski definition) is 1. The lowest BCUT2D eigenvalue weighted by Gasteiger charge is -2.43. The molecule has 6 heteroatoms. The molecule has 0 radical (unpaired) electrons. The summed E-state index contributed by atoms with van der Waals surface area (Å²) in [5.74, 6) is -0.0866. The molecule has 2 aliphatic rings. The van der Waals surface area contributed by atoms with Crippen LogP contribution in [0, 0.1) is 16.7 Å². The molecule has 3 heterocycles. The van der Waals surface area contributed by atoms with Crippen LogP contribution in [0.4, 0.5) is 0 Å². The molecular formula is C14H18N4O2. The van der Waals surface area contributed by atoms with Crippen LogP contribution in [0.5, 0.6) is 0 Å². The van der Waals surface area contributed by atoms with Crippen molar-refractivity contribution in [1.82, 2.24) is 15.1 Å². The van der Waals surface area contributed by atoms with Gasteiger partial charge in [0.05, 0.1) is 29.4 Å². The third kappa shape index (κ3) is 1.90. The zero-order valence-electron chi connectivity index (χ0n) is 11.9. The van der Waals surface area contributed by atoms with Crippen molar-refractivity contribution in [3.05, 3.63) is 17.0 Å².